The monoisotopic (exact) mass is 304 g/mol. The molecule has 22 heavy (non-hydrogen) atoms. The SMILES string of the molecule is C[C@@H](OC(=O)NC(C)(C)C)C(=O)N1CC(c2ccccc2)C1. The van der Waals surface area contributed by atoms with Gasteiger partial charge in [0.1, 0.15) is 0 Å². The molecule has 1 aromatic rings. The molecule has 0 radical (unpaired) electrons. The van der Waals surface area contributed by atoms with Crippen LogP contribution in [0.25, 0.3) is 0 Å². The summed E-state index contributed by atoms with van der Waals surface area (Å²) in [6.07, 6.45) is -1.33. The first kappa shape index (κ1) is 16.3. The van der Waals surface area contributed by atoms with E-state index in [1.54, 1.807) is 11.8 Å². The number of benzene rings is 1. The first-order valence-corrected chi connectivity index (χ1v) is 7.59. The highest BCUT2D eigenvalue weighted by Gasteiger charge is 2.35. The first-order chi connectivity index (χ1) is 10.3. The van der Waals surface area contributed by atoms with E-state index in [1.807, 2.05) is 39.0 Å². The Morgan fingerprint density at radius 1 is 1.23 bits per heavy atom. The van der Waals surface area contributed by atoms with Gasteiger partial charge in [-0.3, -0.25) is 4.79 Å². The quantitative estimate of drug-likeness (QED) is 0.933. The van der Waals surface area contributed by atoms with Crippen LogP contribution in [0.4, 0.5) is 4.79 Å². The highest BCUT2D eigenvalue weighted by molar-refractivity contribution is 5.84. The van der Waals surface area contributed by atoms with Gasteiger partial charge in [-0.05, 0) is 33.3 Å². The van der Waals surface area contributed by atoms with Crippen LogP contribution in [-0.4, -0.2) is 41.6 Å². The number of likely N-dealkylation sites (tertiary alicyclic amines) is 1. The van der Waals surface area contributed by atoms with E-state index in [4.69, 9.17) is 4.74 Å². The lowest BCUT2D eigenvalue weighted by atomic mass is 9.91. The van der Waals surface area contributed by atoms with E-state index in [1.165, 1.54) is 5.56 Å². The van der Waals surface area contributed by atoms with Crippen LogP contribution in [-0.2, 0) is 9.53 Å². The average molecular weight is 304 g/mol. The van der Waals surface area contributed by atoms with Crippen LogP contribution in [0.1, 0.15) is 39.2 Å². The van der Waals surface area contributed by atoms with E-state index >= 15 is 0 Å². The van der Waals surface area contributed by atoms with Gasteiger partial charge in [-0.2, -0.15) is 0 Å². The van der Waals surface area contributed by atoms with Crippen LogP contribution < -0.4 is 5.32 Å². The van der Waals surface area contributed by atoms with Crippen molar-refractivity contribution < 1.29 is 14.3 Å². The normalized spacial score (nSPS) is 16.6. The van der Waals surface area contributed by atoms with E-state index < -0.39 is 12.2 Å². The van der Waals surface area contributed by atoms with Gasteiger partial charge >= 0.3 is 6.09 Å². The molecule has 1 aromatic carbocycles. The smallest absolute Gasteiger partial charge is 0.408 e. The Kier molecular flexibility index (Phi) is 4.74. The van der Waals surface area contributed by atoms with E-state index in [0.717, 1.165) is 0 Å². The van der Waals surface area contributed by atoms with Crippen LogP contribution >= 0.6 is 0 Å². The highest BCUT2D eigenvalue weighted by Crippen LogP contribution is 2.27. The molecule has 5 heteroatoms. The van der Waals surface area contributed by atoms with Crippen LogP contribution in [0.5, 0.6) is 0 Å². The maximum absolute atomic E-state index is 12.2. The van der Waals surface area contributed by atoms with E-state index in [2.05, 4.69) is 17.4 Å². The summed E-state index contributed by atoms with van der Waals surface area (Å²) in [6.45, 7) is 8.55. The topological polar surface area (TPSA) is 58.6 Å². The van der Waals surface area contributed by atoms with Gasteiger partial charge in [0.15, 0.2) is 6.10 Å². The molecule has 2 rings (SSSR count). The zero-order valence-electron chi connectivity index (χ0n) is 13.6. The summed E-state index contributed by atoms with van der Waals surface area (Å²) in [7, 11) is 0. The maximum atomic E-state index is 12.2. The van der Waals surface area contributed by atoms with Crippen molar-refractivity contribution in [3.8, 4) is 0 Å². The largest absolute Gasteiger partial charge is 0.436 e. The number of nitrogens with zero attached hydrogens (tertiary/aromatic N) is 1. The molecule has 0 aliphatic carbocycles. The zero-order chi connectivity index (χ0) is 16.3. The molecule has 1 heterocycles. The summed E-state index contributed by atoms with van der Waals surface area (Å²) in [5, 5.41) is 2.68. The maximum Gasteiger partial charge on any atom is 0.408 e. The van der Waals surface area contributed by atoms with Crippen LogP contribution in [0, 0.1) is 0 Å². The minimum absolute atomic E-state index is 0.142. The number of amides is 2. The van der Waals surface area contributed by atoms with Crippen molar-refractivity contribution in [2.75, 3.05) is 13.1 Å². The number of carbonyl (C=O) groups excluding carboxylic acids is 2. The van der Waals surface area contributed by atoms with Crippen LogP contribution in [0.15, 0.2) is 30.3 Å². The molecule has 2 amide bonds. The zero-order valence-corrected chi connectivity index (χ0v) is 13.6. The molecule has 1 saturated heterocycles. The second-order valence-corrected chi connectivity index (χ2v) is 6.77. The summed E-state index contributed by atoms with van der Waals surface area (Å²) in [4.78, 5) is 25.6. The van der Waals surface area contributed by atoms with Crippen molar-refractivity contribution in [1.29, 1.82) is 0 Å². The molecule has 0 aromatic heterocycles. The fraction of sp³-hybridized carbons (Fsp3) is 0.529. The molecular formula is C17H24N2O3. The summed E-state index contributed by atoms with van der Waals surface area (Å²) < 4.78 is 5.14. The van der Waals surface area contributed by atoms with E-state index in [9.17, 15) is 9.59 Å². The fourth-order valence-electron chi connectivity index (χ4n) is 2.40. The number of carbonyl (C=O) groups is 2. The van der Waals surface area contributed by atoms with Gasteiger partial charge in [-0.1, -0.05) is 30.3 Å². The lowest BCUT2D eigenvalue weighted by Crippen LogP contribution is -2.53. The van der Waals surface area contributed by atoms with Gasteiger partial charge in [0.25, 0.3) is 5.91 Å². The molecule has 1 fully saturated rings. The summed E-state index contributed by atoms with van der Waals surface area (Å²) in [5.74, 6) is 0.233. The predicted octanol–water partition coefficient (Wildman–Crippen LogP) is 2.53. The first-order valence-electron chi connectivity index (χ1n) is 7.59. The van der Waals surface area contributed by atoms with Crippen molar-refractivity contribution >= 4 is 12.0 Å². The molecule has 0 spiro atoms. The molecule has 0 saturated carbocycles. The van der Waals surface area contributed by atoms with Gasteiger partial charge in [-0.25, -0.2) is 4.79 Å². The summed E-state index contributed by atoms with van der Waals surface area (Å²) >= 11 is 0. The molecule has 1 aliphatic heterocycles. The Hall–Kier alpha value is -2.04. The van der Waals surface area contributed by atoms with E-state index in [-0.39, 0.29) is 11.4 Å². The Morgan fingerprint density at radius 3 is 2.36 bits per heavy atom. The number of rotatable bonds is 3. The van der Waals surface area contributed by atoms with Gasteiger partial charge in [0.05, 0.1) is 0 Å². The van der Waals surface area contributed by atoms with Crippen molar-refractivity contribution in [1.82, 2.24) is 10.2 Å². The summed E-state index contributed by atoms with van der Waals surface area (Å²) in [5.41, 5.74) is 0.861. The third-order valence-electron chi connectivity index (χ3n) is 3.57. The van der Waals surface area contributed by atoms with Gasteiger partial charge in [0, 0.05) is 24.5 Å². The molecule has 1 atom stereocenters. The lowest BCUT2D eigenvalue weighted by Gasteiger charge is -2.40. The number of hydrogen-bond acceptors (Lipinski definition) is 3. The molecule has 1 N–H and O–H groups in total. The third kappa shape index (κ3) is 4.23. The standard InChI is InChI=1S/C17H24N2O3/c1-12(22-16(21)18-17(2,3)4)15(20)19-10-14(11-19)13-8-6-5-7-9-13/h5-9,12,14H,10-11H2,1-4H3,(H,18,21)/t12-/m1/s1. The lowest BCUT2D eigenvalue weighted by molar-refractivity contribution is -0.144. The molecule has 5 nitrogen and oxygen atoms in total. The minimum atomic E-state index is -0.765. The number of hydrogen-bond donors (Lipinski definition) is 1. The molecule has 0 unspecified atom stereocenters. The number of nitrogens with one attached hydrogen (secondary N) is 1. The Bertz CT molecular complexity index is 531. The van der Waals surface area contributed by atoms with Crippen molar-refractivity contribution in [3.63, 3.8) is 0 Å². The second-order valence-electron chi connectivity index (χ2n) is 6.77. The summed E-state index contributed by atoms with van der Waals surface area (Å²) in [6, 6.07) is 10.1. The van der Waals surface area contributed by atoms with Gasteiger partial charge < -0.3 is 15.0 Å². The van der Waals surface area contributed by atoms with Crippen LogP contribution in [0.3, 0.4) is 0 Å². The van der Waals surface area contributed by atoms with Crippen molar-refractivity contribution in [2.24, 2.45) is 0 Å². The third-order valence-corrected chi connectivity index (χ3v) is 3.57. The molecule has 120 valence electrons. The second kappa shape index (κ2) is 6.38. The minimum Gasteiger partial charge on any atom is -0.436 e. The average Bonchev–Trinajstić information content (AvgIpc) is 2.35. The predicted molar refractivity (Wildman–Crippen MR) is 84.6 cm³/mol. The molecule has 0 bridgehead atoms. The Balaban J connectivity index is 1.80. The van der Waals surface area contributed by atoms with Crippen LogP contribution in [0.2, 0.25) is 0 Å². The van der Waals surface area contributed by atoms with E-state index in [0.29, 0.717) is 19.0 Å². The fourth-order valence-corrected chi connectivity index (χ4v) is 2.40. The Morgan fingerprint density at radius 2 is 1.82 bits per heavy atom. The number of alkyl carbamates (subject to hydrolysis) is 1. The van der Waals surface area contributed by atoms with Crippen molar-refractivity contribution in [2.45, 2.75) is 45.3 Å². The molecule has 1 aliphatic rings. The highest BCUT2D eigenvalue weighted by atomic mass is 16.6. The molecular weight excluding hydrogens is 280 g/mol. The Labute approximate surface area is 131 Å². The number of ether oxygens (including phenoxy) is 1. The van der Waals surface area contributed by atoms with Gasteiger partial charge in [0.2, 0.25) is 0 Å². The van der Waals surface area contributed by atoms with Gasteiger partial charge in [-0.15, -0.1) is 0 Å². The van der Waals surface area contributed by atoms with Crippen molar-refractivity contribution in [3.05, 3.63) is 35.9 Å².